The Labute approximate surface area is 140 Å². The van der Waals surface area contributed by atoms with Crippen LogP contribution in [0.5, 0.6) is 0 Å². The number of aliphatic hydroxyl groups is 1. The second-order valence-corrected chi connectivity index (χ2v) is 7.78. The summed E-state index contributed by atoms with van der Waals surface area (Å²) in [6.07, 6.45) is -2.90. The van der Waals surface area contributed by atoms with Gasteiger partial charge in [-0.25, -0.2) is 9.97 Å². The van der Waals surface area contributed by atoms with Crippen molar-refractivity contribution in [2.24, 2.45) is 5.41 Å². The van der Waals surface area contributed by atoms with Gasteiger partial charge < -0.3 is 15.3 Å². The average Bonchev–Trinajstić information content (AvgIpc) is 3.16. The number of alkyl halides is 3. The molecule has 1 spiro atoms. The maximum Gasteiger partial charge on any atom is 0.393 e. The number of nitrogens with one attached hydrogen (secondary N) is 1. The molecule has 0 radical (unpaired) electrons. The molecule has 2 aliphatic rings. The summed E-state index contributed by atoms with van der Waals surface area (Å²) in [5, 5.41) is 14.4. The molecule has 0 bridgehead atoms. The average molecular weight is 358 g/mol. The maximum absolute atomic E-state index is 12.6. The zero-order chi connectivity index (χ0) is 16.9. The van der Waals surface area contributed by atoms with E-state index < -0.39 is 18.8 Å². The number of anilines is 1. The SMILES string of the molecule is OC1CC2(CCNC2)CN1c1ncnc2sc(CC(F)(F)F)cc12. The van der Waals surface area contributed by atoms with Crippen molar-refractivity contribution in [2.45, 2.75) is 31.7 Å². The minimum Gasteiger partial charge on any atom is -0.374 e. The summed E-state index contributed by atoms with van der Waals surface area (Å²) in [7, 11) is 0. The number of hydrogen-bond donors (Lipinski definition) is 2. The summed E-state index contributed by atoms with van der Waals surface area (Å²) in [5.74, 6) is 0.529. The third kappa shape index (κ3) is 2.84. The number of rotatable bonds is 2. The van der Waals surface area contributed by atoms with E-state index in [1.165, 1.54) is 12.4 Å². The molecule has 0 aromatic carbocycles. The van der Waals surface area contributed by atoms with Crippen molar-refractivity contribution < 1.29 is 18.3 Å². The minimum atomic E-state index is -4.25. The molecule has 2 fully saturated rings. The first-order valence-corrected chi connectivity index (χ1v) is 8.63. The number of thiophene rings is 1. The fraction of sp³-hybridized carbons (Fsp3) is 0.600. The third-order valence-corrected chi connectivity index (χ3v) is 5.86. The monoisotopic (exact) mass is 358 g/mol. The van der Waals surface area contributed by atoms with Crippen LogP contribution in [0.15, 0.2) is 12.4 Å². The lowest BCUT2D eigenvalue weighted by Gasteiger charge is -2.24. The largest absolute Gasteiger partial charge is 0.393 e. The second kappa shape index (κ2) is 5.53. The lowest BCUT2D eigenvalue weighted by molar-refractivity contribution is -0.126. The first-order valence-electron chi connectivity index (χ1n) is 7.81. The summed E-state index contributed by atoms with van der Waals surface area (Å²) < 4.78 is 37.9. The van der Waals surface area contributed by atoms with Crippen molar-refractivity contribution in [1.82, 2.24) is 15.3 Å². The molecule has 2 unspecified atom stereocenters. The summed E-state index contributed by atoms with van der Waals surface area (Å²) >= 11 is 1.03. The molecule has 0 amide bonds. The number of fused-ring (bicyclic) bond motifs is 1. The van der Waals surface area contributed by atoms with E-state index in [9.17, 15) is 18.3 Å². The smallest absolute Gasteiger partial charge is 0.374 e. The Morgan fingerprint density at radius 1 is 1.42 bits per heavy atom. The molecule has 2 aromatic rings. The van der Waals surface area contributed by atoms with Crippen LogP contribution in [0.3, 0.4) is 0 Å². The molecule has 2 aromatic heterocycles. The van der Waals surface area contributed by atoms with Gasteiger partial charge in [0.05, 0.1) is 11.8 Å². The van der Waals surface area contributed by atoms with E-state index in [1.54, 1.807) is 4.90 Å². The molecule has 24 heavy (non-hydrogen) atoms. The Kier molecular flexibility index (Phi) is 3.70. The van der Waals surface area contributed by atoms with Crippen LogP contribution in [0.4, 0.5) is 19.0 Å². The van der Waals surface area contributed by atoms with Crippen LogP contribution in [0, 0.1) is 5.41 Å². The minimum absolute atomic E-state index is 0.0154. The molecule has 2 saturated heterocycles. The van der Waals surface area contributed by atoms with Gasteiger partial charge in [-0.1, -0.05) is 0 Å². The lowest BCUT2D eigenvalue weighted by Crippen LogP contribution is -2.32. The quantitative estimate of drug-likeness (QED) is 0.863. The van der Waals surface area contributed by atoms with Crippen molar-refractivity contribution in [2.75, 3.05) is 24.5 Å². The molecule has 9 heteroatoms. The zero-order valence-electron chi connectivity index (χ0n) is 12.8. The van der Waals surface area contributed by atoms with E-state index >= 15 is 0 Å². The molecule has 2 atom stereocenters. The number of halogens is 3. The molecule has 130 valence electrons. The molecular weight excluding hydrogens is 341 g/mol. The van der Waals surface area contributed by atoms with Gasteiger partial charge in [0.2, 0.25) is 0 Å². The highest BCUT2D eigenvalue weighted by Crippen LogP contribution is 2.43. The molecule has 4 heterocycles. The summed E-state index contributed by atoms with van der Waals surface area (Å²) in [4.78, 5) is 10.9. The number of aromatic nitrogens is 2. The van der Waals surface area contributed by atoms with Gasteiger partial charge in [-0.2, -0.15) is 13.2 Å². The Balaban J connectivity index is 1.69. The van der Waals surface area contributed by atoms with Gasteiger partial charge in [-0.05, 0) is 19.0 Å². The standard InChI is InChI=1S/C15H17F3N4OS/c16-15(17,18)4-9-3-10-12(20-8-21-13(10)24-9)22-7-14(5-11(22)23)1-2-19-6-14/h3,8,11,19,23H,1-2,4-7H2. The maximum atomic E-state index is 12.6. The zero-order valence-corrected chi connectivity index (χ0v) is 13.6. The fourth-order valence-corrected chi connectivity index (χ4v) is 4.78. The Morgan fingerprint density at radius 3 is 2.96 bits per heavy atom. The number of aliphatic hydroxyl groups excluding tert-OH is 1. The van der Waals surface area contributed by atoms with E-state index in [2.05, 4.69) is 15.3 Å². The first-order chi connectivity index (χ1) is 11.4. The highest BCUT2D eigenvalue weighted by Gasteiger charge is 2.46. The van der Waals surface area contributed by atoms with Crippen molar-refractivity contribution in [3.63, 3.8) is 0 Å². The van der Waals surface area contributed by atoms with Gasteiger partial charge >= 0.3 is 6.18 Å². The molecule has 0 saturated carbocycles. The second-order valence-electron chi connectivity index (χ2n) is 6.66. The number of nitrogens with zero attached hydrogens (tertiary/aromatic N) is 3. The molecule has 4 rings (SSSR count). The van der Waals surface area contributed by atoms with E-state index in [-0.39, 0.29) is 10.3 Å². The van der Waals surface area contributed by atoms with E-state index in [1.807, 2.05) is 0 Å². The Morgan fingerprint density at radius 2 is 2.25 bits per heavy atom. The van der Waals surface area contributed by atoms with Gasteiger partial charge in [0.15, 0.2) is 0 Å². The van der Waals surface area contributed by atoms with Crippen LogP contribution in [-0.2, 0) is 6.42 Å². The molecule has 2 aliphatic heterocycles. The summed E-state index contributed by atoms with van der Waals surface area (Å²) in [6.45, 7) is 2.42. The van der Waals surface area contributed by atoms with E-state index in [4.69, 9.17) is 0 Å². The Bertz CT molecular complexity index is 757. The van der Waals surface area contributed by atoms with E-state index in [0.29, 0.717) is 29.0 Å². The Hall–Kier alpha value is -1.45. The highest BCUT2D eigenvalue weighted by molar-refractivity contribution is 7.18. The highest BCUT2D eigenvalue weighted by atomic mass is 32.1. The molecule has 2 N–H and O–H groups in total. The fourth-order valence-electron chi connectivity index (χ4n) is 3.76. The number of hydrogen-bond acceptors (Lipinski definition) is 6. The summed E-state index contributed by atoms with van der Waals surface area (Å²) in [6, 6.07) is 1.51. The lowest BCUT2D eigenvalue weighted by atomic mass is 9.86. The van der Waals surface area contributed by atoms with Gasteiger partial charge in [-0.15, -0.1) is 11.3 Å². The third-order valence-electron chi connectivity index (χ3n) is 4.82. The van der Waals surface area contributed by atoms with Gasteiger partial charge in [0.25, 0.3) is 0 Å². The van der Waals surface area contributed by atoms with Crippen LogP contribution >= 0.6 is 11.3 Å². The van der Waals surface area contributed by atoms with Crippen LogP contribution < -0.4 is 10.2 Å². The summed E-state index contributed by atoms with van der Waals surface area (Å²) in [5.41, 5.74) is 0.0154. The van der Waals surface area contributed by atoms with Crippen LogP contribution in [0.2, 0.25) is 0 Å². The first kappa shape index (κ1) is 16.0. The predicted octanol–water partition coefficient (Wildman–Crippen LogP) is 2.30. The van der Waals surface area contributed by atoms with Crippen LogP contribution in [-0.4, -0.2) is 47.1 Å². The van der Waals surface area contributed by atoms with Crippen LogP contribution in [0.1, 0.15) is 17.7 Å². The molecular formula is C15H17F3N4OS. The molecule has 5 nitrogen and oxygen atoms in total. The van der Waals surface area contributed by atoms with E-state index in [0.717, 1.165) is 30.8 Å². The van der Waals surface area contributed by atoms with Crippen molar-refractivity contribution in [3.8, 4) is 0 Å². The van der Waals surface area contributed by atoms with Crippen molar-refractivity contribution in [3.05, 3.63) is 17.3 Å². The van der Waals surface area contributed by atoms with Crippen molar-refractivity contribution in [1.29, 1.82) is 0 Å². The van der Waals surface area contributed by atoms with Gasteiger partial charge in [-0.3, -0.25) is 0 Å². The molecule has 0 aliphatic carbocycles. The predicted molar refractivity (Wildman–Crippen MR) is 85.1 cm³/mol. The van der Waals surface area contributed by atoms with Gasteiger partial charge in [0, 0.05) is 29.8 Å². The normalized spacial score (nSPS) is 27.7. The van der Waals surface area contributed by atoms with Crippen molar-refractivity contribution >= 4 is 27.4 Å². The topological polar surface area (TPSA) is 61.3 Å². The van der Waals surface area contributed by atoms with Crippen LogP contribution in [0.25, 0.3) is 10.2 Å². The van der Waals surface area contributed by atoms with Gasteiger partial charge in [0.1, 0.15) is 23.2 Å².